The van der Waals surface area contributed by atoms with Gasteiger partial charge in [-0.3, -0.25) is 4.79 Å². The van der Waals surface area contributed by atoms with Crippen molar-refractivity contribution in [1.29, 1.82) is 0 Å². The highest BCUT2D eigenvalue weighted by Crippen LogP contribution is 2.24. The summed E-state index contributed by atoms with van der Waals surface area (Å²) < 4.78 is 10.8. The van der Waals surface area contributed by atoms with Crippen molar-refractivity contribution in [2.75, 3.05) is 24.8 Å². The Balaban J connectivity index is 1.67. The molecule has 5 heteroatoms. The first-order chi connectivity index (χ1) is 11.6. The second-order valence-electron chi connectivity index (χ2n) is 5.63. The third kappa shape index (κ3) is 5.50. The van der Waals surface area contributed by atoms with Gasteiger partial charge in [0.15, 0.2) is 0 Å². The fourth-order valence-electron chi connectivity index (χ4n) is 2.32. The van der Waals surface area contributed by atoms with Crippen molar-refractivity contribution in [3.63, 3.8) is 0 Å². The molecule has 0 heterocycles. The molecule has 0 unspecified atom stereocenters. The van der Waals surface area contributed by atoms with Gasteiger partial charge in [-0.25, -0.2) is 0 Å². The summed E-state index contributed by atoms with van der Waals surface area (Å²) in [5.74, 6) is 1.43. The van der Waals surface area contributed by atoms with Crippen molar-refractivity contribution in [3.8, 4) is 11.5 Å². The van der Waals surface area contributed by atoms with Crippen LogP contribution >= 0.6 is 0 Å². The Morgan fingerprint density at radius 3 is 2.71 bits per heavy atom. The van der Waals surface area contributed by atoms with Gasteiger partial charge in [0.2, 0.25) is 5.91 Å². The minimum absolute atomic E-state index is 0.0323. The molecule has 0 aliphatic rings. The van der Waals surface area contributed by atoms with Crippen LogP contribution in [0.4, 0.5) is 11.4 Å². The Morgan fingerprint density at radius 2 is 2.00 bits per heavy atom. The molecule has 0 saturated carbocycles. The maximum atomic E-state index is 11.9. The molecule has 24 heavy (non-hydrogen) atoms. The molecule has 0 spiro atoms. The zero-order chi connectivity index (χ0) is 17.4. The summed E-state index contributed by atoms with van der Waals surface area (Å²) in [6, 6.07) is 13.1. The number of rotatable bonds is 8. The number of carbonyl (C=O) groups excluding carboxylic acids is 1. The van der Waals surface area contributed by atoms with E-state index in [4.69, 9.17) is 15.2 Å². The number of hydrogen-bond acceptors (Lipinski definition) is 4. The smallest absolute Gasteiger partial charge is 0.224 e. The third-order valence-electron chi connectivity index (χ3n) is 3.57. The number of methoxy groups -OCH3 is 1. The number of anilines is 2. The first-order valence-corrected chi connectivity index (χ1v) is 8.01. The van der Waals surface area contributed by atoms with Crippen molar-refractivity contribution in [2.24, 2.45) is 0 Å². The third-order valence-corrected chi connectivity index (χ3v) is 3.57. The van der Waals surface area contributed by atoms with Crippen LogP contribution in [0.3, 0.4) is 0 Å². The van der Waals surface area contributed by atoms with Gasteiger partial charge in [-0.15, -0.1) is 0 Å². The number of nitrogens with one attached hydrogen (secondary N) is 1. The molecule has 0 saturated heterocycles. The Hall–Kier alpha value is -2.69. The highest BCUT2D eigenvalue weighted by atomic mass is 16.5. The summed E-state index contributed by atoms with van der Waals surface area (Å²) in [6.45, 7) is 2.63. The lowest BCUT2D eigenvalue weighted by Gasteiger charge is -2.09. The van der Waals surface area contributed by atoms with Gasteiger partial charge >= 0.3 is 0 Å². The molecule has 3 N–H and O–H groups in total. The van der Waals surface area contributed by atoms with Gasteiger partial charge in [0.25, 0.3) is 0 Å². The van der Waals surface area contributed by atoms with E-state index in [2.05, 4.69) is 5.32 Å². The average Bonchev–Trinajstić information content (AvgIpc) is 2.55. The number of benzene rings is 2. The van der Waals surface area contributed by atoms with E-state index in [-0.39, 0.29) is 5.91 Å². The maximum Gasteiger partial charge on any atom is 0.224 e. The van der Waals surface area contributed by atoms with Gasteiger partial charge in [0, 0.05) is 12.1 Å². The normalized spacial score (nSPS) is 10.2. The predicted molar refractivity (Wildman–Crippen MR) is 96.6 cm³/mol. The van der Waals surface area contributed by atoms with E-state index in [1.807, 2.05) is 31.2 Å². The number of hydrogen-bond donors (Lipinski definition) is 2. The number of unbranched alkanes of at least 4 members (excludes halogenated alkanes) is 1. The summed E-state index contributed by atoms with van der Waals surface area (Å²) in [5, 5.41) is 2.83. The molecule has 0 fully saturated rings. The quantitative estimate of drug-likeness (QED) is 0.571. The van der Waals surface area contributed by atoms with Crippen LogP contribution in [0.25, 0.3) is 0 Å². The Bertz CT molecular complexity index is 686. The molecule has 2 rings (SSSR count). The fraction of sp³-hybridized carbons (Fsp3) is 0.316. The van der Waals surface area contributed by atoms with Crippen molar-refractivity contribution >= 4 is 17.3 Å². The van der Waals surface area contributed by atoms with Crippen molar-refractivity contribution in [1.82, 2.24) is 0 Å². The molecule has 5 nitrogen and oxygen atoms in total. The minimum Gasteiger partial charge on any atom is -0.495 e. The average molecular weight is 328 g/mol. The molecule has 0 aliphatic carbocycles. The number of aryl methyl sites for hydroxylation is 1. The Morgan fingerprint density at radius 1 is 1.17 bits per heavy atom. The maximum absolute atomic E-state index is 11.9. The van der Waals surface area contributed by atoms with Gasteiger partial charge in [-0.05, 0) is 55.7 Å². The number of carbonyl (C=O) groups is 1. The van der Waals surface area contributed by atoms with Crippen LogP contribution in [-0.4, -0.2) is 19.6 Å². The summed E-state index contributed by atoms with van der Waals surface area (Å²) >= 11 is 0. The molecule has 0 aliphatic heterocycles. The molecule has 1 amide bonds. The Labute approximate surface area is 142 Å². The number of nitrogen functional groups attached to an aromatic ring is 1. The topological polar surface area (TPSA) is 73.6 Å². The molecule has 2 aromatic rings. The lowest BCUT2D eigenvalue weighted by atomic mass is 10.2. The van der Waals surface area contributed by atoms with Gasteiger partial charge in [-0.2, -0.15) is 0 Å². The summed E-state index contributed by atoms with van der Waals surface area (Å²) in [6.07, 6.45) is 2.04. The van der Waals surface area contributed by atoms with Crippen molar-refractivity contribution in [2.45, 2.75) is 26.2 Å². The zero-order valence-corrected chi connectivity index (χ0v) is 14.2. The van der Waals surface area contributed by atoms with Crippen LogP contribution in [0.1, 0.15) is 24.8 Å². The van der Waals surface area contributed by atoms with Crippen LogP contribution in [-0.2, 0) is 4.79 Å². The molecular formula is C19H24N2O3. The van der Waals surface area contributed by atoms with E-state index in [0.29, 0.717) is 30.2 Å². The van der Waals surface area contributed by atoms with E-state index < -0.39 is 0 Å². The van der Waals surface area contributed by atoms with Crippen molar-refractivity contribution in [3.05, 3.63) is 48.0 Å². The summed E-state index contributed by atoms with van der Waals surface area (Å²) in [4.78, 5) is 11.9. The highest BCUT2D eigenvalue weighted by molar-refractivity contribution is 5.91. The van der Waals surface area contributed by atoms with E-state index in [1.165, 1.54) is 5.56 Å². The predicted octanol–water partition coefficient (Wildman–Crippen LogP) is 3.77. The van der Waals surface area contributed by atoms with Gasteiger partial charge in [0.1, 0.15) is 11.5 Å². The summed E-state index contributed by atoms with van der Waals surface area (Å²) in [7, 11) is 1.56. The van der Waals surface area contributed by atoms with Gasteiger partial charge in [0.05, 0.1) is 19.4 Å². The number of amides is 1. The number of nitrogens with two attached hydrogens (primary N) is 1. The molecule has 2 aromatic carbocycles. The van der Waals surface area contributed by atoms with Crippen molar-refractivity contribution < 1.29 is 14.3 Å². The largest absolute Gasteiger partial charge is 0.495 e. The highest BCUT2D eigenvalue weighted by Gasteiger charge is 2.05. The van der Waals surface area contributed by atoms with Crippen LogP contribution in [0.2, 0.25) is 0 Å². The first-order valence-electron chi connectivity index (χ1n) is 8.01. The van der Waals surface area contributed by atoms with E-state index in [0.717, 1.165) is 18.6 Å². The van der Waals surface area contributed by atoms with Gasteiger partial charge < -0.3 is 20.5 Å². The monoisotopic (exact) mass is 328 g/mol. The fourth-order valence-corrected chi connectivity index (χ4v) is 2.32. The molecule has 0 bridgehead atoms. The van der Waals surface area contributed by atoms with E-state index in [1.54, 1.807) is 25.3 Å². The molecule has 128 valence electrons. The zero-order valence-electron chi connectivity index (χ0n) is 14.2. The SMILES string of the molecule is COc1ccc(NC(=O)CCCCOc2cccc(C)c2)cc1N. The van der Waals surface area contributed by atoms with Crippen LogP contribution in [0.15, 0.2) is 42.5 Å². The summed E-state index contributed by atoms with van der Waals surface area (Å²) in [5.41, 5.74) is 8.17. The van der Waals surface area contributed by atoms with Crippen LogP contribution in [0, 0.1) is 6.92 Å². The van der Waals surface area contributed by atoms with E-state index in [9.17, 15) is 4.79 Å². The van der Waals surface area contributed by atoms with Crippen LogP contribution in [0.5, 0.6) is 11.5 Å². The lowest BCUT2D eigenvalue weighted by molar-refractivity contribution is -0.116. The standard InChI is InChI=1S/C19H24N2O3/c1-14-6-5-7-16(12-14)24-11-4-3-8-19(22)21-15-9-10-18(23-2)17(20)13-15/h5-7,9-10,12-13H,3-4,8,11,20H2,1-2H3,(H,21,22). The second kappa shape index (κ2) is 8.82. The number of ether oxygens (including phenoxy) is 2. The molecular weight excluding hydrogens is 304 g/mol. The van der Waals surface area contributed by atoms with Gasteiger partial charge in [-0.1, -0.05) is 12.1 Å². The second-order valence-corrected chi connectivity index (χ2v) is 5.63. The lowest BCUT2D eigenvalue weighted by Crippen LogP contribution is -2.12. The van der Waals surface area contributed by atoms with E-state index >= 15 is 0 Å². The Kier molecular flexibility index (Phi) is 6.49. The molecule has 0 aromatic heterocycles. The minimum atomic E-state index is -0.0323. The van der Waals surface area contributed by atoms with Crippen LogP contribution < -0.4 is 20.5 Å². The molecule has 0 radical (unpaired) electrons. The first kappa shape index (κ1) is 17.7. The molecule has 0 atom stereocenters.